The van der Waals surface area contributed by atoms with Crippen LogP contribution in [0.5, 0.6) is 0 Å². The first-order chi connectivity index (χ1) is 2.27. The van der Waals surface area contributed by atoms with Gasteiger partial charge in [-0.25, -0.2) is 0 Å². The van der Waals surface area contributed by atoms with Crippen LogP contribution < -0.4 is 0 Å². The Morgan fingerprint density at radius 2 is 1.67 bits per heavy atom. The monoisotopic (exact) mass is 178 g/mol. The van der Waals surface area contributed by atoms with Crippen LogP contribution in [0.25, 0.3) is 0 Å². The van der Waals surface area contributed by atoms with Crippen LogP contribution in [0.4, 0.5) is 0 Å². The summed E-state index contributed by atoms with van der Waals surface area (Å²) in [6.45, 7) is 4.07. The molecule has 0 N–H and O–H groups in total. The van der Waals surface area contributed by atoms with E-state index in [9.17, 15) is 0 Å². The van der Waals surface area contributed by atoms with Crippen molar-refractivity contribution in [3.63, 3.8) is 0 Å². The largest absolute Gasteiger partial charge is 0.504 e. The summed E-state index contributed by atoms with van der Waals surface area (Å²) in [6.07, 6.45) is 0.446. The average Bonchev–Trinajstić information content (AvgIpc) is 1.38. The first kappa shape index (κ1) is 10.4. The zero-order valence-corrected chi connectivity index (χ0v) is 8.94. The Morgan fingerprint density at radius 1 is 1.50 bits per heavy atom. The van der Waals surface area contributed by atoms with Crippen LogP contribution in [-0.2, 0) is 30.0 Å². The summed E-state index contributed by atoms with van der Waals surface area (Å²) in [5, 5.41) is 0. The summed E-state index contributed by atoms with van der Waals surface area (Å²) < 4.78 is 4.89. The van der Waals surface area contributed by atoms with Crippen LogP contribution in [0.15, 0.2) is 0 Å². The molecule has 0 saturated heterocycles. The molecule has 0 aromatic rings. The van der Waals surface area contributed by atoms with Crippen LogP contribution >= 0.6 is 0 Å². The SMILES string of the molecule is CC(C)[O][AlH2].[Zr]. The fourth-order valence-corrected chi connectivity index (χ4v) is 0. The van der Waals surface area contributed by atoms with Gasteiger partial charge in [-0.15, -0.1) is 0 Å². The van der Waals surface area contributed by atoms with Crippen molar-refractivity contribution in [3.8, 4) is 0 Å². The van der Waals surface area contributed by atoms with Crippen LogP contribution in [0.3, 0.4) is 0 Å². The summed E-state index contributed by atoms with van der Waals surface area (Å²) in [7, 11) is 0. The second-order valence-electron chi connectivity index (χ2n) is 1.28. The third-order valence-electron chi connectivity index (χ3n) is 0.471. The third-order valence-corrected chi connectivity index (χ3v) is 1.41. The molecule has 0 bridgehead atoms. The van der Waals surface area contributed by atoms with Crippen LogP contribution in [-0.4, -0.2) is 22.7 Å². The van der Waals surface area contributed by atoms with E-state index in [4.69, 9.17) is 3.79 Å². The summed E-state index contributed by atoms with van der Waals surface area (Å²) in [6, 6.07) is 0. The Hall–Kier alpha value is 1.38. The molecule has 0 spiro atoms. The number of hydrogen-bond acceptors (Lipinski definition) is 1. The zero-order chi connectivity index (χ0) is 4.28. The maximum absolute atomic E-state index is 4.89. The topological polar surface area (TPSA) is 9.23 Å². The van der Waals surface area contributed by atoms with Gasteiger partial charge in [0.25, 0.3) is 0 Å². The van der Waals surface area contributed by atoms with E-state index in [1.54, 1.807) is 0 Å². The molecule has 0 fully saturated rings. The minimum absolute atomic E-state index is 0. The Labute approximate surface area is 66.3 Å². The molecule has 0 aliphatic carbocycles. The molecular formula is C3H9AlOZr. The van der Waals surface area contributed by atoms with Crippen molar-refractivity contribution in [1.82, 2.24) is 0 Å². The third kappa shape index (κ3) is 9.03. The van der Waals surface area contributed by atoms with Crippen LogP contribution in [0.2, 0.25) is 0 Å². The van der Waals surface area contributed by atoms with Crippen molar-refractivity contribution < 1.29 is 30.0 Å². The summed E-state index contributed by atoms with van der Waals surface area (Å²) in [5.41, 5.74) is 0. The van der Waals surface area contributed by atoms with Crippen LogP contribution in [0, 0.1) is 0 Å². The molecule has 6 heavy (non-hydrogen) atoms. The predicted octanol–water partition coefficient (Wildman–Crippen LogP) is -0.0430. The average molecular weight is 179 g/mol. The van der Waals surface area contributed by atoms with Gasteiger partial charge in [0.15, 0.2) is 0 Å². The Morgan fingerprint density at radius 3 is 1.67 bits per heavy atom. The van der Waals surface area contributed by atoms with Gasteiger partial charge in [-0.05, 0) is 13.8 Å². The molecule has 0 rings (SSSR count). The molecule has 1 nitrogen and oxygen atoms in total. The molecule has 0 amide bonds. The van der Waals surface area contributed by atoms with E-state index in [0.29, 0.717) is 6.10 Å². The molecule has 0 atom stereocenters. The molecule has 0 aliphatic rings. The molecule has 0 aromatic heterocycles. The molecule has 0 radical (unpaired) electrons. The predicted molar refractivity (Wildman–Crippen MR) is 24.8 cm³/mol. The van der Waals surface area contributed by atoms with Gasteiger partial charge in [0, 0.05) is 32.3 Å². The molecule has 3 heteroatoms. The molecule has 0 saturated carbocycles. The smallest absolute Gasteiger partial charge is 0.410 e. The fourth-order valence-electron chi connectivity index (χ4n) is 0. The van der Waals surface area contributed by atoms with Crippen molar-refractivity contribution in [3.05, 3.63) is 0 Å². The Kier molecular flexibility index (Phi) is 11.0. The van der Waals surface area contributed by atoms with E-state index in [2.05, 4.69) is 0 Å². The molecule has 0 heterocycles. The van der Waals surface area contributed by atoms with Crippen molar-refractivity contribution >= 4 is 16.6 Å². The molecule has 0 aromatic carbocycles. The van der Waals surface area contributed by atoms with E-state index in [1.807, 2.05) is 13.8 Å². The van der Waals surface area contributed by atoms with Crippen molar-refractivity contribution in [1.29, 1.82) is 0 Å². The van der Waals surface area contributed by atoms with Gasteiger partial charge < -0.3 is 3.79 Å². The van der Waals surface area contributed by atoms with E-state index in [1.165, 1.54) is 0 Å². The Balaban J connectivity index is 0. The van der Waals surface area contributed by atoms with Crippen molar-refractivity contribution in [2.45, 2.75) is 20.0 Å². The minimum atomic E-state index is 0. The van der Waals surface area contributed by atoms with E-state index in [0.717, 1.165) is 16.6 Å². The van der Waals surface area contributed by atoms with E-state index in [-0.39, 0.29) is 26.2 Å². The van der Waals surface area contributed by atoms with Gasteiger partial charge in [0.05, 0.1) is 0 Å². The number of hydrogen-bond donors (Lipinski definition) is 0. The van der Waals surface area contributed by atoms with Gasteiger partial charge >= 0.3 is 16.6 Å². The van der Waals surface area contributed by atoms with E-state index >= 15 is 0 Å². The second-order valence-corrected chi connectivity index (χ2v) is 1.76. The minimum Gasteiger partial charge on any atom is -0.504 e. The van der Waals surface area contributed by atoms with Crippen LogP contribution in [0.1, 0.15) is 13.8 Å². The van der Waals surface area contributed by atoms with E-state index < -0.39 is 0 Å². The molecular weight excluding hydrogens is 170 g/mol. The van der Waals surface area contributed by atoms with Gasteiger partial charge in [0.1, 0.15) is 0 Å². The number of rotatable bonds is 1. The van der Waals surface area contributed by atoms with Gasteiger partial charge in [-0.3, -0.25) is 0 Å². The van der Waals surface area contributed by atoms with Crippen molar-refractivity contribution in [2.75, 3.05) is 0 Å². The van der Waals surface area contributed by atoms with Gasteiger partial charge in [-0.2, -0.15) is 0 Å². The fraction of sp³-hybridized carbons (Fsp3) is 1.00. The van der Waals surface area contributed by atoms with Gasteiger partial charge in [-0.1, -0.05) is 0 Å². The molecule has 34 valence electrons. The summed E-state index contributed by atoms with van der Waals surface area (Å²) in [4.78, 5) is 0. The molecule has 0 aliphatic heterocycles. The van der Waals surface area contributed by atoms with Gasteiger partial charge in [0.2, 0.25) is 0 Å². The maximum Gasteiger partial charge on any atom is 0.410 e. The van der Waals surface area contributed by atoms with Crippen molar-refractivity contribution in [2.24, 2.45) is 0 Å². The first-order valence-corrected chi connectivity index (χ1v) is 2.62. The zero-order valence-electron chi connectivity index (χ0n) is 4.49. The Bertz CT molecular complexity index is 24.8. The standard InChI is InChI=1S/C3H7O.Al.Zr.2H/c1-3(2)4;;;;/h3H,1-2H3;;;;/q-1;+1;;;. The first-order valence-electron chi connectivity index (χ1n) is 1.80. The normalized spacial score (nSPS) is 7.83. The summed E-state index contributed by atoms with van der Waals surface area (Å²) >= 11 is 0.873. The molecule has 0 unspecified atom stereocenters. The summed E-state index contributed by atoms with van der Waals surface area (Å²) in [5.74, 6) is 0. The second kappa shape index (κ2) is 6.38. The maximum atomic E-state index is 4.89. The quantitative estimate of drug-likeness (QED) is 0.513.